The molecular weight excluding hydrogens is 376 g/mol. The largest absolute Gasteiger partial charge is 0.349 e. The monoisotopic (exact) mass is 393 g/mol. The fourth-order valence-corrected chi connectivity index (χ4v) is 3.12. The molecule has 0 amide bonds. The molecule has 0 saturated carbocycles. The van der Waals surface area contributed by atoms with Crippen LogP contribution >= 0.6 is 11.6 Å². The zero-order valence-electron chi connectivity index (χ0n) is 14.7. The van der Waals surface area contributed by atoms with Gasteiger partial charge in [0.2, 0.25) is 5.84 Å². The molecule has 0 aliphatic heterocycles. The fraction of sp³-hybridized carbons (Fsp3) is 0.235. The summed E-state index contributed by atoms with van der Waals surface area (Å²) in [5.41, 5.74) is 4.04. The van der Waals surface area contributed by atoms with Gasteiger partial charge in [0.05, 0.1) is 12.2 Å². The molecule has 1 aromatic carbocycles. The Kier molecular flexibility index (Phi) is 4.99. The van der Waals surface area contributed by atoms with E-state index < -0.39 is 17.5 Å². The second-order valence-electron chi connectivity index (χ2n) is 6.04. The van der Waals surface area contributed by atoms with Crippen molar-refractivity contribution < 1.29 is 8.78 Å². The van der Waals surface area contributed by atoms with Crippen LogP contribution in [0.5, 0.6) is 0 Å². The number of alkyl halides is 2. The average molecular weight is 394 g/mol. The molecule has 0 atom stereocenters. The van der Waals surface area contributed by atoms with Gasteiger partial charge in [0.1, 0.15) is 5.69 Å². The van der Waals surface area contributed by atoms with E-state index in [4.69, 9.17) is 23.3 Å². The topological polar surface area (TPSA) is 107 Å². The molecule has 0 aliphatic carbocycles. The van der Waals surface area contributed by atoms with Gasteiger partial charge < -0.3 is 11.3 Å². The number of rotatable bonds is 4. The molecule has 10 heteroatoms. The van der Waals surface area contributed by atoms with Crippen LogP contribution in [0.25, 0.3) is 11.0 Å². The first-order valence-corrected chi connectivity index (χ1v) is 8.38. The van der Waals surface area contributed by atoms with Gasteiger partial charge in [0, 0.05) is 10.4 Å². The van der Waals surface area contributed by atoms with Crippen molar-refractivity contribution in [2.45, 2.75) is 26.3 Å². The molecule has 5 N–H and O–H groups in total. The molecule has 0 saturated heterocycles. The number of amidine groups is 1. The highest BCUT2D eigenvalue weighted by atomic mass is 35.5. The Morgan fingerprint density at radius 2 is 2.04 bits per heavy atom. The molecule has 2 heterocycles. The molecular formula is C17H18ClF2N7. The first kappa shape index (κ1) is 19.0. The van der Waals surface area contributed by atoms with E-state index in [1.807, 2.05) is 24.5 Å². The highest BCUT2D eigenvalue weighted by Crippen LogP contribution is 2.30. The standard InChI is InChI=1S/C17H18ClF2N7/c1-9-4-3-5-13(18)12(9)8-27-15-11(10(2)26-27)6-7-14(23-15)17(19,20)16(24-21)25-22/h3-7H,8,21-22H2,1-2H3,(H,24,25). The maximum absolute atomic E-state index is 14.6. The summed E-state index contributed by atoms with van der Waals surface area (Å²) >= 11 is 6.29. The SMILES string of the molecule is Cc1cccc(Cl)c1Cn1nc(C)c2ccc(C(F)(F)/C(=N/N)NN)nc21. The normalized spacial score (nSPS) is 12.6. The Morgan fingerprint density at radius 1 is 1.30 bits per heavy atom. The molecule has 2 aromatic heterocycles. The van der Waals surface area contributed by atoms with Crippen LogP contribution in [0.15, 0.2) is 35.4 Å². The molecule has 27 heavy (non-hydrogen) atoms. The minimum absolute atomic E-state index is 0.296. The van der Waals surface area contributed by atoms with Crippen molar-refractivity contribution in [3.8, 4) is 0 Å². The van der Waals surface area contributed by atoms with Crippen LogP contribution in [0.1, 0.15) is 22.5 Å². The highest BCUT2D eigenvalue weighted by molar-refractivity contribution is 6.31. The van der Waals surface area contributed by atoms with E-state index in [0.717, 1.165) is 11.1 Å². The summed E-state index contributed by atoms with van der Waals surface area (Å²) in [4.78, 5) is 4.12. The van der Waals surface area contributed by atoms with Crippen LogP contribution in [0.2, 0.25) is 5.02 Å². The summed E-state index contributed by atoms with van der Waals surface area (Å²) in [6.45, 7) is 4.00. The van der Waals surface area contributed by atoms with Crippen molar-refractivity contribution in [2.24, 2.45) is 16.8 Å². The zero-order valence-corrected chi connectivity index (χ0v) is 15.4. The number of halogens is 3. The van der Waals surface area contributed by atoms with Gasteiger partial charge in [0.25, 0.3) is 0 Å². The van der Waals surface area contributed by atoms with Gasteiger partial charge in [-0.2, -0.15) is 19.0 Å². The lowest BCUT2D eigenvalue weighted by Gasteiger charge is -2.17. The van der Waals surface area contributed by atoms with Crippen LogP contribution in [0, 0.1) is 13.8 Å². The van der Waals surface area contributed by atoms with Crippen molar-refractivity contribution in [3.63, 3.8) is 0 Å². The first-order chi connectivity index (χ1) is 12.8. The minimum atomic E-state index is -3.58. The molecule has 0 fully saturated rings. The van der Waals surface area contributed by atoms with Crippen LogP contribution in [-0.2, 0) is 12.5 Å². The first-order valence-electron chi connectivity index (χ1n) is 8.01. The lowest BCUT2D eigenvalue weighted by Crippen LogP contribution is -2.43. The molecule has 7 nitrogen and oxygen atoms in total. The predicted octanol–water partition coefficient (Wildman–Crippen LogP) is 2.58. The number of benzene rings is 1. The Morgan fingerprint density at radius 3 is 2.67 bits per heavy atom. The zero-order chi connectivity index (χ0) is 19.8. The molecule has 0 radical (unpaired) electrons. The van der Waals surface area contributed by atoms with Gasteiger partial charge in [-0.15, -0.1) is 0 Å². The molecule has 0 unspecified atom stereocenters. The number of fused-ring (bicyclic) bond motifs is 1. The molecule has 3 aromatic rings. The third-order valence-corrected chi connectivity index (χ3v) is 4.68. The predicted molar refractivity (Wildman–Crippen MR) is 100 cm³/mol. The van der Waals surface area contributed by atoms with Crippen molar-refractivity contribution >= 4 is 28.5 Å². The van der Waals surface area contributed by atoms with Crippen LogP contribution in [-0.4, -0.2) is 20.6 Å². The van der Waals surface area contributed by atoms with Gasteiger partial charge in [0.15, 0.2) is 5.65 Å². The summed E-state index contributed by atoms with van der Waals surface area (Å²) in [7, 11) is 0. The number of aromatic nitrogens is 3. The third kappa shape index (κ3) is 3.31. The Labute approximate surface area is 159 Å². The van der Waals surface area contributed by atoms with E-state index in [1.165, 1.54) is 12.1 Å². The minimum Gasteiger partial charge on any atom is -0.321 e. The number of nitrogens with one attached hydrogen (secondary N) is 1. The van der Waals surface area contributed by atoms with Gasteiger partial charge in [-0.25, -0.2) is 15.5 Å². The fourth-order valence-electron chi connectivity index (χ4n) is 2.84. The number of nitrogens with zero attached hydrogens (tertiary/aromatic N) is 4. The molecule has 142 valence electrons. The average Bonchev–Trinajstić information content (AvgIpc) is 2.94. The van der Waals surface area contributed by atoms with E-state index >= 15 is 0 Å². The second-order valence-corrected chi connectivity index (χ2v) is 6.45. The number of pyridine rings is 1. The molecule has 0 bridgehead atoms. The lowest BCUT2D eigenvalue weighted by atomic mass is 10.1. The lowest BCUT2D eigenvalue weighted by molar-refractivity contribution is 0.0666. The van der Waals surface area contributed by atoms with Crippen molar-refractivity contribution in [1.82, 2.24) is 20.2 Å². The number of nitrogens with two attached hydrogens (primary N) is 2. The van der Waals surface area contributed by atoms with Crippen LogP contribution in [0.3, 0.4) is 0 Å². The van der Waals surface area contributed by atoms with Gasteiger partial charge >= 0.3 is 5.92 Å². The summed E-state index contributed by atoms with van der Waals surface area (Å²) in [5, 5.41) is 8.67. The summed E-state index contributed by atoms with van der Waals surface area (Å²) < 4.78 is 30.7. The number of hydrazine groups is 1. The smallest absolute Gasteiger partial charge is 0.321 e. The Bertz CT molecular complexity index is 1010. The van der Waals surface area contributed by atoms with Crippen molar-refractivity contribution in [3.05, 3.63) is 57.9 Å². The molecule has 0 spiro atoms. The quantitative estimate of drug-likeness (QED) is 0.273. The van der Waals surface area contributed by atoms with E-state index in [0.29, 0.717) is 28.3 Å². The summed E-state index contributed by atoms with van der Waals surface area (Å²) in [6, 6.07) is 8.27. The third-order valence-electron chi connectivity index (χ3n) is 4.33. The molecule has 0 aliphatic rings. The number of aryl methyl sites for hydroxylation is 2. The Hall–Kier alpha value is -2.78. The van der Waals surface area contributed by atoms with E-state index in [9.17, 15) is 8.78 Å². The summed E-state index contributed by atoms with van der Waals surface area (Å²) in [6.07, 6.45) is 0. The van der Waals surface area contributed by atoms with Gasteiger partial charge in [-0.1, -0.05) is 23.7 Å². The number of hydrogen-bond acceptors (Lipinski definition) is 5. The van der Waals surface area contributed by atoms with E-state index in [2.05, 4.69) is 15.2 Å². The van der Waals surface area contributed by atoms with Crippen molar-refractivity contribution in [2.75, 3.05) is 0 Å². The maximum Gasteiger partial charge on any atom is 0.349 e. The van der Waals surface area contributed by atoms with Crippen LogP contribution in [0.4, 0.5) is 8.78 Å². The number of hydrogen-bond donors (Lipinski definition) is 3. The number of hydrazone groups is 1. The van der Waals surface area contributed by atoms with E-state index in [1.54, 1.807) is 17.7 Å². The molecule has 3 rings (SSSR count). The van der Waals surface area contributed by atoms with Gasteiger partial charge in [-0.05, 0) is 43.2 Å². The Balaban J connectivity index is 2.13. The summed E-state index contributed by atoms with van der Waals surface area (Å²) in [5.74, 6) is 5.61. The maximum atomic E-state index is 14.6. The second kappa shape index (κ2) is 7.09. The highest BCUT2D eigenvalue weighted by Gasteiger charge is 2.40. The van der Waals surface area contributed by atoms with Gasteiger partial charge in [-0.3, -0.25) is 0 Å². The van der Waals surface area contributed by atoms with Crippen molar-refractivity contribution in [1.29, 1.82) is 0 Å². The van der Waals surface area contributed by atoms with E-state index in [-0.39, 0.29) is 0 Å². The van der Waals surface area contributed by atoms with Crippen LogP contribution < -0.4 is 17.1 Å².